The Morgan fingerprint density at radius 2 is 2.25 bits per heavy atom. The highest BCUT2D eigenvalue weighted by atomic mass is 32.2. The third-order valence-electron chi connectivity index (χ3n) is 2.68. The maximum Gasteiger partial charge on any atom is 0.0611 e. The molecule has 0 saturated carbocycles. The fourth-order valence-electron chi connectivity index (χ4n) is 1.68. The van der Waals surface area contributed by atoms with Crippen LogP contribution in [0.4, 0.5) is 0 Å². The lowest BCUT2D eigenvalue weighted by Crippen LogP contribution is -2.30. The van der Waals surface area contributed by atoms with E-state index in [1.165, 1.54) is 16.0 Å². The molecular weight excluding hydrogens is 218 g/mol. The first-order valence-corrected chi connectivity index (χ1v) is 6.72. The third kappa shape index (κ3) is 3.00. The van der Waals surface area contributed by atoms with Gasteiger partial charge in [0.2, 0.25) is 0 Å². The molecule has 3 heteroatoms. The Morgan fingerprint density at radius 1 is 1.44 bits per heavy atom. The van der Waals surface area contributed by atoms with Crippen LogP contribution in [0.2, 0.25) is 0 Å². The number of benzene rings is 1. The topological polar surface area (TPSA) is 21.3 Å². The molecule has 0 aliphatic carbocycles. The van der Waals surface area contributed by atoms with Gasteiger partial charge in [0.1, 0.15) is 0 Å². The number of thioether (sulfide) groups is 1. The molecule has 0 radical (unpaired) electrons. The largest absolute Gasteiger partial charge is 0.379 e. The van der Waals surface area contributed by atoms with Crippen LogP contribution in [0.1, 0.15) is 18.1 Å². The van der Waals surface area contributed by atoms with Crippen molar-refractivity contribution in [2.24, 2.45) is 0 Å². The number of rotatable bonds is 5. The van der Waals surface area contributed by atoms with Gasteiger partial charge >= 0.3 is 0 Å². The lowest BCUT2D eigenvalue weighted by atomic mass is 10.1. The highest BCUT2D eigenvalue weighted by molar-refractivity contribution is 8.00. The molecule has 0 spiro atoms. The van der Waals surface area contributed by atoms with Gasteiger partial charge in [-0.15, -0.1) is 11.8 Å². The normalized spacial score (nSPS) is 16.1. The summed E-state index contributed by atoms with van der Waals surface area (Å²) < 4.78 is 5.22. The smallest absolute Gasteiger partial charge is 0.0611 e. The summed E-state index contributed by atoms with van der Waals surface area (Å²) >= 11 is 1.95. The van der Waals surface area contributed by atoms with E-state index in [9.17, 15) is 0 Å². The molecule has 0 aromatic heterocycles. The summed E-state index contributed by atoms with van der Waals surface area (Å²) in [5.41, 5.74) is 2.75. The molecule has 1 aromatic carbocycles. The molecule has 1 fully saturated rings. The molecule has 2 rings (SSSR count). The second kappa shape index (κ2) is 5.71. The molecular formula is C13H19NOS. The standard InChI is InChI=1S/C13H19NOS/c1-3-14-7-11-6-10(2)4-5-13(11)16-12-8-15-9-12/h4-6,12,14H,3,7-9H2,1-2H3. The second-order valence-corrected chi connectivity index (χ2v) is 5.51. The van der Waals surface area contributed by atoms with E-state index in [2.05, 4.69) is 37.4 Å². The Balaban J connectivity index is 2.07. The quantitative estimate of drug-likeness (QED) is 0.850. The predicted molar refractivity (Wildman–Crippen MR) is 69.0 cm³/mol. The molecule has 1 aliphatic heterocycles. The van der Waals surface area contributed by atoms with E-state index in [1.807, 2.05) is 11.8 Å². The molecule has 1 aliphatic rings. The van der Waals surface area contributed by atoms with E-state index in [0.29, 0.717) is 5.25 Å². The van der Waals surface area contributed by atoms with E-state index >= 15 is 0 Å². The molecule has 0 bridgehead atoms. The van der Waals surface area contributed by atoms with Crippen LogP contribution in [0, 0.1) is 6.92 Å². The van der Waals surface area contributed by atoms with Crippen LogP contribution in [0.5, 0.6) is 0 Å². The lowest BCUT2D eigenvalue weighted by molar-refractivity contribution is 0.0455. The average Bonchev–Trinajstić information content (AvgIpc) is 2.22. The van der Waals surface area contributed by atoms with Crippen molar-refractivity contribution in [2.45, 2.75) is 30.5 Å². The van der Waals surface area contributed by atoms with Crippen molar-refractivity contribution in [3.8, 4) is 0 Å². The maximum absolute atomic E-state index is 5.22. The average molecular weight is 237 g/mol. The zero-order chi connectivity index (χ0) is 11.4. The highest BCUT2D eigenvalue weighted by Gasteiger charge is 2.20. The number of nitrogens with one attached hydrogen (secondary N) is 1. The summed E-state index contributed by atoms with van der Waals surface area (Å²) in [5, 5.41) is 4.05. The van der Waals surface area contributed by atoms with Gasteiger partial charge in [0.25, 0.3) is 0 Å². The van der Waals surface area contributed by atoms with Crippen LogP contribution in [0.3, 0.4) is 0 Å². The van der Waals surface area contributed by atoms with Gasteiger partial charge in [-0.3, -0.25) is 0 Å². The number of aryl methyl sites for hydroxylation is 1. The van der Waals surface area contributed by atoms with Crippen molar-refractivity contribution in [3.05, 3.63) is 29.3 Å². The Kier molecular flexibility index (Phi) is 4.27. The van der Waals surface area contributed by atoms with Gasteiger partial charge < -0.3 is 10.1 Å². The maximum atomic E-state index is 5.22. The van der Waals surface area contributed by atoms with E-state index in [0.717, 1.165) is 26.3 Å². The van der Waals surface area contributed by atoms with Gasteiger partial charge in [0.05, 0.1) is 18.5 Å². The molecule has 1 aromatic rings. The minimum atomic E-state index is 0.656. The van der Waals surface area contributed by atoms with Crippen molar-refractivity contribution >= 4 is 11.8 Å². The van der Waals surface area contributed by atoms with Crippen LogP contribution in [-0.2, 0) is 11.3 Å². The Morgan fingerprint density at radius 3 is 2.88 bits per heavy atom. The molecule has 0 amide bonds. The molecule has 2 nitrogen and oxygen atoms in total. The van der Waals surface area contributed by atoms with Crippen LogP contribution < -0.4 is 5.32 Å². The van der Waals surface area contributed by atoms with Gasteiger partial charge in [-0.25, -0.2) is 0 Å². The zero-order valence-corrected chi connectivity index (χ0v) is 10.8. The molecule has 0 atom stereocenters. The minimum absolute atomic E-state index is 0.656. The second-order valence-electron chi connectivity index (χ2n) is 4.17. The van der Waals surface area contributed by atoms with E-state index < -0.39 is 0 Å². The molecule has 1 heterocycles. The Bertz CT molecular complexity index is 350. The fraction of sp³-hybridized carbons (Fsp3) is 0.538. The lowest BCUT2D eigenvalue weighted by Gasteiger charge is -2.26. The third-order valence-corrected chi connectivity index (χ3v) is 3.94. The van der Waals surface area contributed by atoms with E-state index in [4.69, 9.17) is 4.74 Å². The molecule has 88 valence electrons. The van der Waals surface area contributed by atoms with Crippen molar-refractivity contribution in [3.63, 3.8) is 0 Å². The fourth-order valence-corrected chi connectivity index (χ4v) is 2.80. The first kappa shape index (κ1) is 12.0. The summed E-state index contributed by atoms with van der Waals surface area (Å²) in [6.07, 6.45) is 0. The molecule has 16 heavy (non-hydrogen) atoms. The summed E-state index contributed by atoms with van der Waals surface area (Å²) in [4.78, 5) is 1.40. The number of ether oxygens (including phenoxy) is 1. The number of hydrogen-bond acceptors (Lipinski definition) is 3. The molecule has 1 N–H and O–H groups in total. The van der Waals surface area contributed by atoms with E-state index in [1.54, 1.807) is 0 Å². The van der Waals surface area contributed by atoms with E-state index in [-0.39, 0.29) is 0 Å². The number of hydrogen-bond donors (Lipinski definition) is 1. The Hall–Kier alpha value is -0.510. The first-order chi connectivity index (χ1) is 7.79. The first-order valence-electron chi connectivity index (χ1n) is 5.84. The SMILES string of the molecule is CCNCc1cc(C)ccc1SC1COC1. The summed E-state index contributed by atoms with van der Waals surface area (Å²) in [5.74, 6) is 0. The van der Waals surface area contributed by atoms with Crippen molar-refractivity contribution in [2.75, 3.05) is 19.8 Å². The summed E-state index contributed by atoms with van der Waals surface area (Å²) in [6.45, 7) is 8.08. The van der Waals surface area contributed by atoms with Gasteiger partial charge in [-0.2, -0.15) is 0 Å². The van der Waals surface area contributed by atoms with Gasteiger partial charge in [0.15, 0.2) is 0 Å². The Labute approximate surface area is 102 Å². The van der Waals surface area contributed by atoms with Crippen molar-refractivity contribution < 1.29 is 4.74 Å². The molecule has 0 unspecified atom stereocenters. The van der Waals surface area contributed by atoms with Crippen LogP contribution >= 0.6 is 11.8 Å². The monoisotopic (exact) mass is 237 g/mol. The predicted octanol–water partition coefficient (Wildman–Crippen LogP) is 2.60. The van der Waals surface area contributed by atoms with Crippen molar-refractivity contribution in [1.29, 1.82) is 0 Å². The van der Waals surface area contributed by atoms with Crippen molar-refractivity contribution in [1.82, 2.24) is 5.32 Å². The highest BCUT2D eigenvalue weighted by Crippen LogP contribution is 2.31. The van der Waals surface area contributed by atoms with Gasteiger partial charge in [0, 0.05) is 11.4 Å². The summed E-state index contributed by atoms with van der Waals surface area (Å²) in [7, 11) is 0. The van der Waals surface area contributed by atoms with Crippen LogP contribution in [-0.4, -0.2) is 25.0 Å². The molecule has 1 saturated heterocycles. The minimum Gasteiger partial charge on any atom is -0.379 e. The summed E-state index contributed by atoms with van der Waals surface area (Å²) in [6, 6.07) is 6.72. The van der Waals surface area contributed by atoms with Gasteiger partial charge in [-0.1, -0.05) is 24.6 Å². The zero-order valence-electron chi connectivity index (χ0n) is 9.95. The van der Waals surface area contributed by atoms with Crippen LogP contribution in [0.25, 0.3) is 0 Å². The van der Waals surface area contributed by atoms with Gasteiger partial charge in [-0.05, 0) is 25.1 Å². The van der Waals surface area contributed by atoms with Crippen LogP contribution in [0.15, 0.2) is 23.1 Å².